The van der Waals surface area contributed by atoms with Crippen molar-refractivity contribution >= 4 is 29.2 Å². The fraction of sp³-hybridized carbons (Fsp3) is 0.423. The van der Waals surface area contributed by atoms with Gasteiger partial charge in [-0.25, -0.2) is 0 Å². The number of hydrogen-bond acceptors (Lipinski definition) is 5. The highest BCUT2D eigenvalue weighted by atomic mass is 35.5. The number of carbonyl (C=O) groups excluding carboxylic acids is 3. The smallest absolute Gasteiger partial charge is 0.251 e. The molecule has 0 aliphatic heterocycles. The zero-order chi connectivity index (χ0) is 24.9. The molecular formula is C26H34ClN3O4. The summed E-state index contributed by atoms with van der Waals surface area (Å²) in [5, 5.41) is 3.35. The van der Waals surface area contributed by atoms with Gasteiger partial charge >= 0.3 is 0 Å². The minimum Gasteiger partial charge on any atom is -0.492 e. The van der Waals surface area contributed by atoms with Crippen LogP contribution in [0, 0.1) is 0 Å². The third kappa shape index (κ3) is 9.53. The fourth-order valence-electron chi connectivity index (χ4n) is 3.49. The molecule has 2 amide bonds. The van der Waals surface area contributed by atoms with E-state index in [-0.39, 0.29) is 24.5 Å². The van der Waals surface area contributed by atoms with Gasteiger partial charge in [-0.05, 0) is 67.9 Å². The van der Waals surface area contributed by atoms with Gasteiger partial charge in [-0.1, -0.05) is 37.6 Å². The predicted octanol–water partition coefficient (Wildman–Crippen LogP) is 3.63. The number of nitrogens with two attached hydrogens (primary N) is 1. The molecule has 0 spiro atoms. The molecule has 1 atom stereocenters. The first kappa shape index (κ1) is 27.3. The highest BCUT2D eigenvalue weighted by molar-refractivity contribution is 6.30. The molecule has 0 saturated carbocycles. The van der Waals surface area contributed by atoms with Crippen molar-refractivity contribution in [1.29, 1.82) is 0 Å². The molecule has 0 heterocycles. The van der Waals surface area contributed by atoms with Crippen molar-refractivity contribution in [1.82, 2.24) is 10.2 Å². The Morgan fingerprint density at radius 1 is 1.00 bits per heavy atom. The number of hydrogen-bond donors (Lipinski definition) is 2. The first-order chi connectivity index (χ1) is 16.3. The van der Waals surface area contributed by atoms with Crippen LogP contribution in [-0.2, 0) is 16.0 Å². The normalized spacial score (nSPS) is 11.8. The third-order valence-corrected chi connectivity index (χ3v) is 5.83. The van der Waals surface area contributed by atoms with Crippen LogP contribution >= 0.6 is 11.6 Å². The molecule has 0 bridgehead atoms. The van der Waals surface area contributed by atoms with Gasteiger partial charge in [-0.3, -0.25) is 14.4 Å². The third-order valence-electron chi connectivity index (χ3n) is 5.58. The Labute approximate surface area is 206 Å². The predicted molar refractivity (Wildman–Crippen MR) is 134 cm³/mol. The van der Waals surface area contributed by atoms with Crippen LogP contribution in [0.4, 0.5) is 0 Å². The van der Waals surface area contributed by atoms with Gasteiger partial charge in [0.15, 0.2) is 5.78 Å². The SMILES string of the molecule is CCN(CC)CCOc1ccc(CC(NC(=O)c2ccc(Cl)cc2)C(=O)CCCC(N)=O)cc1. The lowest BCUT2D eigenvalue weighted by atomic mass is 9.98. The Morgan fingerprint density at radius 3 is 2.24 bits per heavy atom. The number of amides is 2. The van der Waals surface area contributed by atoms with Crippen LogP contribution in [0.3, 0.4) is 0 Å². The van der Waals surface area contributed by atoms with Gasteiger partial charge in [0, 0.05) is 30.0 Å². The summed E-state index contributed by atoms with van der Waals surface area (Å²) in [6, 6.07) is 13.3. The number of rotatable bonds is 15. The molecular weight excluding hydrogens is 454 g/mol. The van der Waals surface area contributed by atoms with Crippen molar-refractivity contribution in [2.24, 2.45) is 5.73 Å². The Kier molecular flexibility index (Phi) is 11.6. The number of nitrogens with zero attached hydrogens (tertiary/aromatic N) is 1. The minimum absolute atomic E-state index is 0.128. The van der Waals surface area contributed by atoms with Crippen molar-refractivity contribution in [2.45, 2.75) is 45.6 Å². The van der Waals surface area contributed by atoms with Gasteiger partial charge in [0.2, 0.25) is 5.91 Å². The molecule has 7 nitrogen and oxygen atoms in total. The Bertz CT molecular complexity index is 928. The molecule has 0 aliphatic rings. The van der Waals surface area contributed by atoms with Gasteiger partial charge in [0.1, 0.15) is 12.4 Å². The molecule has 0 aromatic heterocycles. The first-order valence-corrected chi connectivity index (χ1v) is 12.0. The number of carbonyl (C=O) groups is 3. The number of likely N-dealkylation sites (N-methyl/N-ethyl adjacent to an activating group) is 1. The van der Waals surface area contributed by atoms with E-state index in [1.54, 1.807) is 24.3 Å². The summed E-state index contributed by atoms with van der Waals surface area (Å²) in [7, 11) is 0. The molecule has 8 heteroatoms. The van der Waals surface area contributed by atoms with Crippen LogP contribution in [0.15, 0.2) is 48.5 Å². The molecule has 2 aromatic rings. The van der Waals surface area contributed by atoms with Crippen LogP contribution in [0.5, 0.6) is 5.75 Å². The van der Waals surface area contributed by atoms with Crippen molar-refractivity contribution in [3.63, 3.8) is 0 Å². The Balaban J connectivity index is 2.03. The van der Waals surface area contributed by atoms with E-state index in [0.29, 0.717) is 30.0 Å². The van der Waals surface area contributed by atoms with Crippen LogP contribution < -0.4 is 15.8 Å². The number of Topliss-reactive ketones (excluding diaryl/α,β-unsaturated/α-hetero) is 1. The summed E-state index contributed by atoms with van der Waals surface area (Å²) in [5.74, 6) is -0.207. The zero-order valence-electron chi connectivity index (χ0n) is 19.9. The molecule has 34 heavy (non-hydrogen) atoms. The van der Waals surface area contributed by atoms with Gasteiger partial charge < -0.3 is 20.7 Å². The lowest BCUT2D eigenvalue weighted by Crippen LogP contribution is -2.42. The summed E-state index contributed by atoms with van der Waals surface area (Å²) in [4.78, 5) is 38.9. The van der Waals surface area contributed by atoms with E-state index in [0.717, 1.165) is 30.9 Å². The number of benzene rings is 2. The highest BCUT2D eigenvalue weighted by Crippen LogP contribution is 2.16. The number of halogens is 1. The average molecular weight is 488 g/mol. The number of nitrogens with one attached hydrogen (secondary N) is 1. The van der Waals surface area contributed by atoms with Gasteiger partial charge in [0.25, 0.3) is 5.91 Å². The topological polar surface area (TPSA) is 102 Å². The lowest BCUT2D eigenvalue weighted by Gasteiger charge is -2.19. The summed E-state index contributed by atoms with van der Waals surface area (Å²) >= 11 is 5.90. The van der Waals surface area contributed by atoms with E-state index in [2.05, 4.69) is 24.1 Å². The second kappa shape index (κ2) is 14.4. The highest BCUT2D eigenvalue weighted by Gasteiger charge is 2.22. The van der Waals surface area contributed by atoms with E-state index in [4.69, 9.17) is 22.1 Å². The van der Waals surface area contributed by atoms with Crippen LogP contribution in [0.25, 0.3) is 0 Å². The van der Waals surface area contributed by atoms with Crippen molar-refractivity contribution in [3.8, 4) is 5.75 Å². The molecule has 184 valence electrons. The summed E-state index contributed by atoms with van der Waals surface area (Å²) in [6.45, 7) is 7.66. The lowest BCUT2D eigenvalue weighted by molar-refractivity contribution is -0.121. The second-order valence-corrected chi connectivity index (χ2v) is 8.48. The molecule has 0 aliphatic carbocycles. The molecule has 3 N–H and O–H groups in total. The van der Waals surface area contributed by atoms with Gasteiger partial charge in [-0.2, -0.15) is 0 Å². The van der Waals surface area contributed by atoms with Crippen molar-refractivity contribution in [3.05, 3.63) is 64.7 Å². The number of ether oxygens (including phenoxy) is 1. The van der Waals surface area contributed by atoms with Crippen molar-refractivity contribution < 1.29 is 19.1 Å². The Hall–Kier alpha value is -2.90. The number of ketones is 1. The maximum Gasteiger partial charge on any atom is 0.251 e. The standard InChI is InChI=1S/C26H34ClN3O4/c1-3-30(4-2)16-17-34-22-14-8-19(9-15-22)18-23(24(31)6-5-7-25(28)32)29-26(33)20-10-12-21(27)13-11-20/h8-15,23H,3-7,16-18H2,1-2H3,(H2,28,32)(H,29,33). The average Bonchev–Trinajstić information content (AvgIpc) is 2.82. The van der Waals surface area contributed by atoms with E-state index >= 15 is 0 Å². The molecule has 2 rings (SSSR count). The van der Waals surface area contributed by atoms with Gasteiger partial charge in [0.05, 0.1) is 6.04 Å². The van der Waals surface area contributed by atoms with E-state index < -0.39 is 11.9 Å². The molecule has 0 radical (unpaired) electrons. The van der Waals surface area contributed by atoms with Crippen LogP contribution in [-0.4, -0.2) is 54.8 Å². The zero-order valence-corrected chi connectivity index (χ0v) is 20.6. The Morgan fingerprint density at radius 2 is 1.65 bits per heavy atom. The van der Waals surface area contributed by atoms with Crippen molar-refractivity contribution in [2.75, 3.05) is 26.2 Å². The van der Waals surface area contributed by atoms with Gasteiger partial charge in [-0.15, -0.1) is 0 Å². The summed E-state index contributed by atoms with van der Waals surface area (Å²) < 4.78 is 5.82. The fourth-order valence-corrected chi connectivity index (χ4v) is 3.62. The summed E-state index contributed by atoms with van der Waals surface area (Å²) in [5.41, 5.74) is 6.49. The van der Waals surface area contributed by atoms with Crippen LogP contribution in [0.2, 0.25) is 5.02 Å². The summed E-state index contributed by atoms with van der Waals surface area (Å²) in [6.07, 6.45) is 0.958. The monoisotopic (exact) mass is 487 g/mol. The van der Waals surface area contributed by atoms with E-state index in [1.165, 1.54) is 0 Å². The minimum atomic E-state index is -0.731. The maximum atomic E-state index is 12.9. The maximum absolute atomic E-state index is 12.9. The molecule has 0 fully saturated rings. The number of primary amides is 1. The van der Waals surface area contributed by atoms with E-state index in [9.17, 15) is 14.4 Å². The van der Waals surface area contributed by atoms with E-state index in [1.807, 2.05) is 24.3 Å². The quantitative estimate of drug-likeness (QED) is 0.399. The van der Waals surface area contributed by atoms with Crippen LogP contribution in [0.1, 0.15) is 49.0 Å². The first-order valence-electron chi connectivity index (χ1n) is 11.6. The second-order valence-electron chi connectivity index (χ2n) is 8.04. The molecule has 1 unspecified atom stereocenters. The molecule has 0 saturated heterocycles. The molecule has 2 aromatic carbocycles. The largest absolute Gasteiger partial charge is 0.492 e.